The topological polar surface area (TPSA) is 73.1 Å². The second-order valence-corrected chi connectivity index (χ2v) is 3.16. The lowest BCUT2D eigenvalue weighted by Gasteiger charge is -2.11. The Morgan fingerprint density at radius 2 is 2.07 bits per heavy atom. The van der Waals surface area contributed by atoms with Gasteiger partial charge in [-0.25, -0.2) is 4.98 Å². The summed E-state index contributed by atoms with van der Waals surface area (Å²) in [5, 5.41) is 2.93. The quantitative estimate of drug-likeness (QED) is 0.769. The van der Waals surface area contributed by atoms with Crippen molar-refractivity contribution in [3.05, 3.63) is 5.82 Å². The van der Waals surface area contributed by atoms with Gasteiger partial charge in [0, 0.05) is 13.5 Å². The first kappa shape index (κ1) is 11.6. The van der Waals surface area contributed by atoms with Crippen LogP contribution in [0.4, 0.5) is 11.5 Å². The van der Waals surface area contributed by atoms with Crippen molar-refractivity contribution in [3.8, 4) is 5.88 Å². The fourth-order valence-electron chi connectivity index (χ4n) is 1.15. The molecule has 1 aromatic rings. The third-order valence-corrected chi connectivity index (χ3v) is 1.95. The van der Waals surface area contributed by atoms with Crippen molar-refractivity contribution < 1.29 is 4.74 Å². The van der Waals surface area contributed by atoms with Gasteiger partial charge in [-0.2, -0.15) is 4.98 Å². The summed E-state index contributed by atoms with van der Waals surface area (Å²) in [6.07, 6.45) is 1.69. The molecule has 0 aliphatic rings. The molecule has 0 aliphatic heterocycles. The van der Waals surface area contributed by atoms with Crippen molar-refractivity contribution in [2.75, 3.05) is 24.7 Å². The molecule has 1 rings (SSSR count). The minimum atomic E-state index is 0.475. The van der Waals surface area contributed by atoms with E-state index in [0.717, 1.165) is 18.7 Å². The Hall–Kier alpha value is -1.52. The molecule has 0 saturated heterocycles. The Kier molecular flexibility index (Phi) is 4.15. The van der Waals surface area contributed by atoms with E-state index >= 15 is 0 Å². The molecule has 0 aromatic carbocycles. The highest BCUT2D eigenvalue weighted by Gasteiger charge is 2.10. The summed E-state index contributed by atoms with van der Waals surface area (Å²) in [5.41, 5.74) is 6.32. The van der Waals surface area contributed by atoms with Gasteiger partial charge < -0.3 is 15.8 Å². The lowest BCUT2D eigenvalue weighted by atomic mass is 10.4. The normalized spacial score (nSPS) is 10.1. The van der Waals surface area contributed by atoms with Gasteiger partial charge in [-0.1, -0.05) is 13.8 Å². The highest BCUT2D eigenvalue weighted by Crippen LogP contribution is 2.25. The largest absolute Gasteiger partial charge is 0.476 e. The van der Waals surface area contributed by atoms with Crippen LogP contribution >= 0.6 is 0 Å². The molecule has 15 heavy (non-hydrogen) atoms. The van der Waals surface area contributed by atoms with Crippen molar-refractivity contribution in [1.29, 1.82) is 0 Å². The van der Waals surface area contributed by atoms with Crippen LogP contribution in [-0.4, -0.2) is 23.6 Å². The summed E-state index contributed by atoms with van der Waals surface area (Å²) in [6.45, 7) is 4.65. The van der Waals surface area contributed by atoms with Gasteiger partial charge in [0.15, 0.2) is 5.82 Å². The number of ether oxygens (including phenoxy) is 1. The Morgan fingerprint density at radius 3 is 2.60 bits per heavy atom. The first-order valence-corrected chi connectivity index (χ1v) is 5.19. The van der Waals surface area contributed by atoms with Crippen molar-refractivity contribution in [3.63, 3.8) is 0 Å². The van der Waals surface area contributed by atoms with Gasteiger partial charge in [0.2, 0.25) is 5.88 Å². The predicted octanol–water partition coefficient (Wildman–Crippen LogP) is 1.45. The van der Waals surface area contributed by atoms with Crippen LogP contribution < -0.4 is 15.8 Å². The number of nitrogens with zero attached hydrogens (tertiary/aromatic N) is 2. The first-order chi connectivity index (χ1) is 7.22. The number of hydrogen-bond acceptors (Lipinski definition) is 5. The van der Waals surface area contributed by atoms with E-state index in [2.05, 4.69) is 15.3 Å². The van der Waals surface area contributed by atoms with Crippen LogP contribution in [-0.2, 0) is 6.42 Å². The molecule has 0 saturated carbocycles. The number of aryl methyl sites for hydroxylation is 1. The first-order valence-electron chi connectivity index (χ1n) is 5.19. The SMILES string of the molecule is CCCOc1nc(CC)nc(NC)c1N. The molecule has 5 nitrogen and oxygen atoms in total. The fourth-order valence-corrected chi connectivity index (χ4v) is 1.15. The molecular weight excluding hydrogens is 192 g/mol. The maximum Gasteiger partial charge on any atom is 0.242 e. The smallest absolute Gasteiger partial charge is 0.242 e. The second-order valence-electron chi connectivity index (χ2n) is 3.16. The van der Waals surface area contributed by atoms with Gasteiger partial charge in [0.05, 0.1) is 6.61 Å². The Balaban J connectivity index is 3.01. The molecule has 0 amide bonds. The zero-order chi connectivity index (χ0) is 11.3. The maximum absolute atomic E-state index is 5.85. The van der Waals surface area contributed by atoms with Gasteiger partial charge in [-0.05, 0) is 6.42 Å². The maximum atomic E-state index is 5.85. The lowest BCUT2D eigenvalue weighted by molar-refractivity contribution is 0.305. The van der Waals surface area contributed by atoms with Crippen LogP contribution in [0, 0.1) is 0 Å². The number of nitrogens with one attached hydrogen (secondary N) is 1. The Labute approximate surface area is 90.1 Å². The third-order valence-electron chi connectivity index (χ3n) is 1.95. The molecule has 5 heteroatoms. The summed E-state index contributed by atoms with van der Waals surface area (Å²) in [6, 6.07) is 0. The summed E-state index contributed by atoms with van der Waals surface area (Å²) in [7, 11) is 1.78. The molecule has 0 spiro atoms. The second kappa shape index (κ2) is 5.38. The molecule has 1 aromatic heterocycles. The highest BCUT2D eigenvalue weighted by molar-refractivity contribution is 5.66. The predicted molar refractivity (Wildman–Crippen MR) is 61.2 cm³/mol. The van der Waals surface area contributed by atoms with Crippen molar-refractivity contribution in [1.82, 2.24) is 9.97 Å². The minimum Gasteiger partial charge on any atom is -0.476 e. The number of nitrogens with two attached hydrogens (primary N) is 1. The van der Waals surface area contributed by atoms with Crippen LogP contribution in [0.5, 0.6) is 5.88 Å². The molecule has 0 bridgehead atoms. The van der Waals surface area contributed by atoms with E-state index in [9.17, 15) is 0 Å². The van der Waals surface area contributed by atoms with Gasteiger partial charge in [-0.15, -0.1) is 0 Å². The molecule has 0 aliphatic carbocycles. The number of aromatic nitrogens is 2. The van der Waals surface area contributed by atoms with Crippen molar-refractivity contribution in [2.45, 2.75) is 26.7 Å². The van der Waals surface area contributed by atoms with E-state index in [1.165, 1.54) is 0 Å². The van der Waals surface area contributed by atoms with Crippen LogP contribution in [0.3, 0.4) is 0 Å². The van der Waals surface area contributed by atoms with E-state index in [4.69, 9.17) is 10.5 Å². The standard InChI is InChI=1S/C10H18N4O/c1-4-6-15-10-8(11)9(12-3)13-7(5-2)14-10/h4-6,11H2,1-3H3,(H,12,13,14). The third kappa shape index (κ3) is 2.71. The number of rotatable bonds is 5. The average molecular weight is 210 g/mol. The van der Waals surface area contributed by atoms with E-state index in [-0.39, 0.29) is 0 Å². The number of anilines is 2. The summed E-state index contributed by atoms with van der Waals surface area (Å²) in [5.74, 6) is 1.85. The van der Waals surface area contributed by atoms with Crippen molar-refractivity contribution in [2.24, 2.45) is 0 Å². The Bertz CT molecular complexity index is 327. The molecular formula is C10H18N4O. The van der Waals surface area contributed by atoms with E-state index in [0.29, 0.717) is 24.0 Å². The number of hydrogen-bond donors (Lipinski definition) is 2. The molecule has 3 N–H and O–H groups in total. The fraction of sp³-hybridized carbons (Fsp3) is 0.600. The van der Waals surface area contributed by atoms with Gasteiger partial charge >= 0.3 is 0 Å². The van der Waals surface area contributed by atoms with E-state index in [1.54, 1.807) is 7.05 Å². The zero-order valence-electron chi connectivity index (χ0n) is 9.50. The monoisotopic (exact) mass is 210 g/mol. The van der Waals surface area contributed by atoms with Crippen LogP contribution in [0.2, 0.25) is 0 Å². The van der Waals surface area contributed by atoms with Crippen molar-refractivity contribution >= 4 is 11.5 Å². The molecule has 0 fully saturated rings. The summed E-state index contributed by atoms with van der Waals surface area (Å²) >= 11 is 0. The lowest BCUT2D eigenvalue weighted by Crippen LogP contribution is -2.08. The molecule has 0 unspecified atom stereocenters. The van der Waals surface area contributed by atoms with Gasteiger partial charge in [0.1, 0.15) is 11.5 Å². The van der Waals surface area contributed by atoms with Gasteiger partial charge in [0.25, 0.3) is 0 Å². The highest BCUT2D eigenvalue weighted by atomic mass is 16.5. The summed E-state index contributed by atoms with van der Waals surface area (Å²) in [4.78, 5) is 8.49. The number of nitrogen functional groups attached to an aromatic ring is 1. The van der Waals surface area contributed by atoms with Crippen LogP contribution in [0.25, 0.3) is 0 Å². The van der Waals surface area contributed by atoms with Crippen LogP contribution in [0.1, 0.15) is 26.1 Å². The zero-order valence-corrected chi connectivity index (χ0v) is 9.50. The molecule has 1 heterocycles. The van der Waals surface area contributed by atoms with Crippen LogP contribution in [0.15, 0.2) is 0 Å². The average Bonchev–Trinajstić information content (AvgIpc) is 2.27. The molecule has 0 atom stereocenters. The summed E-state index contributed by atoms with van der Waals surface area (Å²) < 4.78 is 5.45. The molecule has 0 radical (unpaired) electrons. The van der Waals surface area contributed by atoms with E-state index < -0.39 is 0 Å². The van der Waals surface area contributed by atoms with E-state index in [1.807, 2.05) is 13.8 Å². The minimum absolute atomic E-state index is 0.475. The molecule has 84 valence electrons. The Morgan fingerprint density at radius 1 is 1.33 bits per heavy atom. The van der Waals surface area contributed by atoms with Gasteiger partial charge in [-0.3, -0.25) is 0 Å².